The largest absolute Gasteiger partial charge is 0.481 e. The second kappa shape index (κ2) is 6.96. The lowest BCUT2D eigenvalue weighted by Gasteiger charge is -2.31. The summed E-state index contributed by atoms with van der Waals surface area (Å²) in [7, 11) is 0. The van der Waals surface area contributed by atoms with Crippen molar-refractivity contribution in [2.75, 3.05) is 23.3 Å². The summed E-state index contributed by atoms with van der Waals surface area (Å²) < 4.78 is 40.0. The second-order valence-electron chi connectivity index (χ2n) is 5.69. The highest BCUT2D eigenvalue weighted by Crippen LogP contribution is 2.25. The van der Waals surface area contributed by atoms with Crippen LogP contribution in [0.3, 0.4) is 0 Å². The van der Waals surface area contributed by atoms with Crippen LogP contribution in [0.25, 0.3) is 0 Å². The fourth-order valence-electron chi connectivity index (χ4n) is 2.68. The number of aromatic nitrogens is 2. The van der Waals surface area contributed by atoms with Gasteiger partial charge in [0.2, 0.25) is 5.95 Å². The SMILES string of the molecule is O=C(O)C1CCN(c2ccnc(Nc3ccc(F)c(F)c3F)n2)CC1. The van der Waals surface area contributed by atoms with E-state index < -0.39 is 23.4 Å². The quantitative estimate of drug-likeness (QED) is 0.824. The average Bonchev–Trinajstić information content (AvgIpc) is 2.62. The van der Waals surface area contributed by atoms with E-state index in [-0.39, 0.29) is 17.6 Å². The van der Waals surface area contributed by atoms with Gasteiger partial charge in [-0.3, -0.25) is 4.79 Å². The fraction of sp³-hybridized carbons (Fsp3) is 0.312. The van der Waals surface area contributed by atoms with Crippen molar-refractivity contribution in [3.63, 3.8) is 0 Å². The van der Waals surface area contributed by atoms with Gasteiger partial charge >= 0.3 is 5.97 Å². The Hall–Kier alpha value is -2.84. The van der Waals surface area contributed by atoms with Crippen LogP contribution >= 0.6 is 0 Å². The van der Waals surface area contributed by atoms with E-state index in [1.54, 1.807) is 6.07 Å². The predicted molar refractivity (Wildman–Crippen MR) is 84.2 cm³/mol. The number of anilines is 3. The summed E-state index contributed by atoms with van der Waals surface area (Å²) in [6.07, 6.45) is 2.45. The number of benzene rings is 1. The average molecular weight is 352 g/mol. The van der Waals surface area contributed by atoms with Crippen molar-refractivity contribution in [3.05, 3.63) is 41.8 Å². The zero-order valence-corrected chi connectivity index (χ0v) is 13.0. The van der Waals surface area contributed by atoms with E-state index in [1.807, 2.05) is 4.90 Å². The smallest absolute Gasteiger partial charge is 0.306 e. The Labute approximate surface area is 141 Å². The molecule has 1 aromatic heterocycles. The highest BCUT2D eigenvalue weighted by Gasteiger charge is 2.25. The number of halogens is 3. The van der Waals surface area contributed by atoms with Gasteiger partial charge in [0.05, 0.1) is 11.6 Å². The molecule has 1 saturated heterocycles. The zero-order valence-electron chi connectivity index (χ0n) is 13.0. The van der Waals surface area contributed by atoms with Gasteiger partial charge in [-0.1, -0.05) is 0 Å². The van der Waals surface area contributed by atoms with Crippen LogP contribution in [0.4, 0.5) is 30.6 Å². The van der Waals surface area contributed by atoms with Gasteiger partial charge in [0.1, 0.15) is 5.82 Å². The zero-order chi connectivity index (χ0) is 18.0. The lowest BCUT2D eigenvalue weighted by atomic mass is 9.97. The van der Waals surface area contributed by atoms with Crippen LogP contribution in [0.15, 0.2) is 24.4 Å². The van der Waals surface area contributed by atoms with Crippen molar-refractivity contribution < 1.29 is 23.1 Å². The molecule has 3 rings (SSSR count). The Bertz CT molecular complexity index is 795. The minimum atomic E-state index is -1.57. The lowest BCUT2D eigenvalue weighted by molar-refractivity contribution is -0.142. The van der Waals surface area contributed by atoms with Crippen molar-refractivity contribution in [2.45, 2.75) is 12.8 Å². The van der Waals surface area contributed by atoms with Crippen LogP contribution in [-0.2, 0) is 4.79 Å². The molecule has 2 N–H and O–H groups in total. The van der Waals surface area contributed by atoms with Crippen LogP contribution in [0.1, 0.15) is 12.8 Å². The number of carboxylic acids is 1. The van der Waals surface area contributed by atoms with Gasteiger partial charge in [0.15, 0.2) is 17.5 Å². The van der Waals surface area contributed by atoms with Gasteiger partial charge in [-0.15, -0.1) is 0 Å². The Kier molecular flexibility index (Phi) is 4.73. The molecule has 1 aliphatic rings. The van der Waals surface area contributed by atoms with Crippen molar-refractivity contribution in [2.24, 2.45) is 5.92 Å². The molecule has 0 atom stereocenters. The van der Waals surface area contributed by atoms with E-state index in [4.69, 9.17) is 5.11 Å². The molecular weight excluding hydrogens is 337 g/mol. The molecule has 9 heteroatoms. The molecule has 0 saturated carbocycles. The molecule has 6 nitrogen and oxygen atoms in total. The minimum Gasteiger partial charge on any atom is -0.481 e. The van der Waals surface area contributed by atoms with Crippen LogP contribution < -0.4 is 10.2 Å². The summed E-state index contributed by atoms with van der Waals surface area (Å²) in [5.74, 6) is -4.80. The number of carbonyl (C=O) groups is 1. The standard InChI is InChI=1S/C16H15F3N4O2/c17-10-1-2-11(14(19)13(10)18)21-16-20-6-3-12(22-16)23-7-4-9(5-8-23)15(24)25/h1-3,6,9H,4-5,7-8H2,(H,24,25)(H,20,21,22). The molecule has 0 bridgehead atoms. The van der Waals surface area contributed by atoms with E-state index >= 15 is 0 Å². The summed E-state index contributed by atoms with van der Waals surface area (Å²) >= 11 is 0. The Morgan fingerprint density at radius 2 is 1.88 bits per heavy atom. The number of aliphatic carboxylic acids is 1. The predicted octanol–water partition coefficient (Wildman–Crippen LogP) is 2.94. The highest BCUT2D eigenvalue weighted by atomic mass is 19.2. The van der Waals surface area contributed by atoms with Gasteiger partial charge < -0.3 is 15.3 Å². The molecular formula is C16H15F3N4O2. The van der Waals surface area contributed by atoms with Crippen LogP contribution in [-0.4, -0.2) is 34.1 Å². The highest BCUT2D eigenvalue weighted by molar-refractivity contribution is 5.70. The summed E-state index contributed by atoms with van der Waals surface area (Å²) in [5, 5.41) is 11.5. The van der Waals surface area contributed by atoms with Gasteiger partial charge in [-0.05, 0) is 31.0 Å². The number of carboxylic acid groups (broad SMARTS) is 1. The molecule has 2 aromatic rings. The maximum Gasteiger partial charge on any atom is 0.306 e. The first-order valence-electron chi connectivity index (χ1n) is 7.67. The van der Waals surface area contributed by atoms with Gasteiger partial charge in [-0.25, -0.2) is 18.2 Å². The van der Waals surface area contributed by atoms with E-state index in [0.29, 0.717) is 31.7 Å². The van der Waals surface area contributed by atoms with Crippen molar-refractivity contribution in [1.82, 2.24) is 9.97 Å². The number of piperidine rings is 1. The summed E-state index contributed by atoms with van der Waals surface area (Å²) in [6.45, 7) is 1.04. The van der Waals surface area contributed by atoms with Crippen LogP contribution in [0, 0.1) is 23.4 Å². The monoisotopic (exact) mass is 352 g/mol. The van der Waals surface area contributed by atoms with Crippen molar-refractivity contribution >= 4 is 23.4 Å². The molecule has 25 heavy (non-hydrogen) atoms. The van der Waals surface area contributed by atoms with Crippen LogP contribution in [0.2, 0.25) is 0 Å². The van der Waals surface area contributed by atoms with E-state index in [2.05, 4.69) is 15.3 Å². The number of nitrogens with zero attached hydrogens (tertiary/aromatic N) is 3. The third-order valence-electron chi connectivity index (χ3n) is 4.09. The van der Waals surface area contributed by atoms with Gasteiger partial charge in [-0.2, -0.15) is 4.98 Å². The van der Waals surface area contributed by atoms with E-state index in [9.17, 15) is 18.0 Å². The maximum atomic E-state index is 13.7. The second-order valence-corrected chi connectivity index (χ2v) is 5.69. The molecule has 1 aromatic carbocycles. The first-order valence-corrected chi connectivity index (χ1v) is 7.67. The van der Waals surface area contributed by atoms with Crippen molar-refractivity contribution in [1.29, 1.82) is 0 Å². The first kappa shape index (κ1) is 17.0. The summed E-state index contributed by atoms with van der Waals surface area (Å²) in [4.78, 5) is 21.1. The van der Waals surface area contributed by atoms with Crippen molar-refractivity contribution in [3.8, 4) is 0 Å². The molecule has 0 radical (unpaired) electrons. The molecule has 0 unspecified atom stereocenters. The minimum absolute atomic E-state index is 0.0303. The van der Waals surface area contributed by atoms with Gasteiger partial charge in [0, 0.05) is 19.3 Å². The lowest BCUT2D eigenvalue weighted by Crippen LogP contribution is -2.36. The maximum absolute atomic E-state index is 13.7. The molecule has 0 spiro atoms. The Morgan fingerprint density at radius 1 is 1.16 bits per heavy atom. The molecule has 132 valence electrons. The third-order valence-corrected chi connectivity index (χ3v) is 4.09. The topological polar surface area (TPSA) is 78.3 Å². The summed E-state index contributed by atoms with van der Waals surface area (Å²) in [5.41, 5.74) is -0.277. The van der Waals surface area contributed by atoms with Crippen LogP contribution in [0.5, 0.6) is 0 Å². The number of hydrogen-bond donors (Lipinski definition) is 2. The molecule has 1 fully saturated rings. The molecule has 0 aliphatic carbocycles. The third kappa shape index (κ3) is 3.65. The number of hydrogen-bond acceptors (Lipinski definition) is 5. The number of rotatable bonds is 4. The fourth-order valence-corrected chi connectivity index (χ4v) is 2.68. The molecule has 2 heterocycles. The van der Waals surface area contributed by atoms with E-state index in [1.165, 1.54) is 6.20 Å². The first-order chi connectivity index (χ1) is 12.0. The Morgan fingerprint density at radius 3 is 2.56 bits per heavy atom. The normalized spacial score (nSPS) is 15.2. The number of nitrogens with one attached hydrogen (secondary N) is 1. The van der Waals surface area contributed by atoms with Gasteiger partial charge in [0.25, 0.3) is 0 Å². The Balaban J connectivity index is 1.74. The van der Waals surface area contributed by atoms with E-state index in [0.717, 1.165) is 12.1 Å². The summed E-state index contributed by atoms with van der Waals surface area (Å²) in [6, 6.07) is 3.51. The molecule has 0 amide bonds. The molecule has 1 aliphatic heterocycles.